The molecule has 2 aromatic carbocycles. The minimum atomic E-state index is -3.76. The van der Waals surface area contributed by atoms with Crippen molar-refractivity contribution in [3.8, 4) is 5.75 Å². The number of likely N-dealkylation sites (N-methyl/N-ethyl adjacent to an activating group) is 1. The van der Waals surface area contributed by atoms with Gasteiger partial charge < -0.3 is 5.11 Å². The maximum atomic E-state index is 12.4. The lowest BCUT2D eigenvalue weighted by molar-refractivity contribution is -0.121. The highest BCUT2D eigenvalue weighted by Crippen LogP contribution is 2.17. The number of sulfonamides is 1. The van der Waals surface area contributed by atoms with Crippen LogP contribution in [0.2, 0.25) is 0 Å². The van der Waals surface area contributed by atoms with E-state index in [4.69, 9.17) is 0 Å². The number of aromatic hydroxyl groups is 1. The van der Waals surface area contributed by atoms with E-state index < -0.39 is 15.9 Å². The molecule has 0 unspecified atom stereocenters. The Hall–Kier alpha value is -2.23. The number of nitrogens with zero attached hydrogens (tertiary/aromatic N) is 2. The van der Waals surface area contributed by atoms with E-state index in [9.17, 15) is 18.3 Å². The van der Waals surface area contributed by atoms with Gasteiger partial charge in [-0.25, -0.2) is 13.8 Å². The third kappa shape index (κ3) is 5.38. The van der Waals surface area contributed by atoms with Crippen LogP contribution in [-0.4, -0.2) is 43.5 Å². The van der Waals surface area contributed by atoms with E-state index in [1.165, 1.54) is 37.5 Å². The number of hydrazone groups is 1. The molecule has 2 aromatic rings. The molecule has 0 heterocycles. The summed E-state index contributed by atoms with van der Waals surface area (Å²) in [5.41, 5.74) is 2.94. The van der Waals surface area contributed by atoms with E-state index >= 15 is 0 Å². The number of amides is 1. The highest BCUT2D eigenvalue weighted by Gasteiger charge is 2.22. The van der Waals surface area contributed by atoms with Crippen LogP contribution in [0.5, 0.6) is 5.75 Å². The summed E-state index contributed by atoms with van der Waals surface area (Å²) in [4.78, 5) is 11.9. The molecule has 9 heteroatoms. The lowest BCUT2D eigenvalue weighted by Crippen LogP contribution is -2.36. The van der Waals surface area contributed by atoms with E-state index in [1.54, 1.807) is 24.3 Å². The normalized spacial score (nSPS) is 11.8. The van der Waals surface area contributed by atoms with Gasteiger partial charge in [0.1, 0.15) is 5.75 Å². The maximum Gasteiger partial charge on any atom is 0.255 e. The summed E-state index contributed by atoms with van der Waals surface area (Å²) in [6, 6.07) is 12.4. The van der Waals surface area contributed by atoms with E-state index in [2.05, 4.69) is 26.5 Å². The molecule has 0 spiro atoms. The van der Waals surface area contributed by atoms with Crippen molar-refractivity contribution in [2.24, 2.45) is 5.10 Å². The lowest BCUT2D eigenvalue weighted by atomic mass is 10.2. The number of rotatable bonds is 6. The summed E-state index contributed by atoms with van der Waals surface area (Å²) in [5, 5.41) is 12.9. The third-order valence-corrected chi connectivity index (χ3v) is 5.53. The van der Waals surface area contributed by atoms with Gasteiger partial charge in [0.25, 0.3) is 5.91 Å². The Morgan fingerprint density at radius 2 is 1.80 bits per heavy atom. The van der Waals surface area contributed by atoms with Crippen molar-refractivity contribution in [1.82, 2.24) is 9.73 Å². The summed E-state index contributed by atoms with van der Waals surface area (Å²) in [6.45, 7) is -0.370. The van der Waals surface area contributed by atoms with Crippen LogP contribution in [0.4, 0.5) is 0 Å². The van der Waals surface area contributed by atoms with E-state index in [0.717, 1.165) is 8.78 Å². The van der Waals surface area contributed by atoms with Crippen molar-refractivity contribution >= 4 is 38.1 Å². The zero-order chi connectivity index (χ0) is 18.4. The first kappa shape index (κ1) is 19.1. The predicted molar refractivity (Wildman–Crippen MR) is 97.8 cm³/mol. The van der Waals surface area contributed by atoms with Gasteiger partial charge in [0.15, 0.2) is 0 Å². The maximum absolute atomic E-state index is 12.4. The number of phenolic OH excluding ortho intramolecular Hbond substituents is 1. The summed E-state index contributed by atoms with van der Waals surface area (Å²) >= 11 is 3.24. The summed E-state index contributed by atoms with van der Waals surface area (Å²) < 4.78 is 26.5. The Balaban J connectivity index is 1.95. The number of benzene rings is 2. The largest absolute Gasteiger partial charge is 0.508 e. The molecule has 2 N–H and O–H groups in total. The highest BCUT2D eigenvalue weighted by atomic mass is 79.9. The Kier molecular flexibility index (Phi) is 6.29. The van der Waals surface area contributed by atoms with Gasteiger partial charge in [-0.05, 0) is 54.1 Å². The van der Waals surface area contributed by atoms with Crippen LogP contribution in [0.15, 0.2) is 63.0 Å². The first-order valence-electron chi connectivity index (χ1n) is 7.12. The Morgan fingerprint density at radius 1 is 1.20 bits per heavy atom. The van der Waals surface area contributed by atoms with Gasteiger partial charge in [-0.2, -0.15) is 9.41 Å². The van der Waals surface area contributed by atoms with Crippen LogP contribution < -0.4 is 5.43 Å². The smallest absolute Gasteiger partial charge is 0.255 e. The Labute approximate surface area is 154 Å². The molecule has 0 radical (unpaired) electrons. The fourth-order valence-corrected chi connectivity index (χ4v) is 3.24. The molecule has 0 fully saturated rings. The second-order valence-electron chi connectivity index (χ2n) is 5.10. The fraction of sp³-hybridized carbons (Fsp3) is 0.125. The van der Waals surface area contributed by atoms with Crippen molar-refractivity contribution in [3.05, 3.63) is 58.6 Å². The standard InChI is InChI=1S/C16H16BrN3O4S/c1-20(25(23,24)15-8-4-13(17)5-9-15)11-16(22)19-18-10-12-2-6-14(21)7-3-12/h2-10,21H,11H2,1H3,(H,19,22)/b18-10-. The topological polar surface area (TPSA) is 99.1 Å². The predicted octanol–water partition coefficient (Wildman–Crippen LogP) is 1.93. The van der Waals surface area contributed by atoms with Gasteiger partial charge in [0, 0.05) is 11.5 Å². The van der Waals surface area contributed by atoms with Gasteiger partial charge in [-0.1, -0.05) is 15.9 Å². The van der Waals surface area contributed by atoms with Crippen LogP contribution in [-0.2, 0) is 14.8 Å². The van der Waals surface area contributed by atoms with Crippen molar-refractivity contribution < 1.29 is 18.3 Å². The second-order valence-corrected chi connectivity index (χ2v) is 8.06. The molecule has 0 atom stereocenters. The van der Waals surface area contributed by atoms with Crippen molar-refractivity contribution in [2.75, 3.05) is 13.6 Å². The van der Waals surface area contributed by atoms with Crippen molar-refractivity contribution in [2.45, 2.75) is 4.90 Å². The number of phenols is 1. The Morgan fingerprint density at radius 3 is 2.40 bits per heavy atom. The monoisotopic (exact) mass is 425 g/mol. The number of carbonyl (C=O) groups is 1. The van der Waals surface area contributed by atoms with Gasteiger partial charge >= 0.3 is 0 Å². The molecular formula is C16H16BrN3O4S. The van der Waals surface area contributed by atoms with Crippen molar-refractivity contribution in [1.29, 1.82) is 0 Å². The number of halogens is 1. The first-order valence-corrected chi connectivity index (χ1v) is 9.35. The van der Waals surface area contributed by atoms with Crippen LogP contribution in [0.1, 0.15) is 5.56 Å². The number of hydrogen-bond donors (Lipinski definition) is 2. The van der Waals surface area contributed by atoms with Gasteiger partial charge in [0.05, 0.1) is 17.7 Å². The van der Waals surface area contributed by atoms with Crippen LogP contribution >= 0.6 is 15.9 Å². The molecule has 25 heavy (non-hydrogen) atoms. The third-order valence-electron chi connectivity index (χ3n) is 3.18. The summed E-state index contributed by atoms with van der Waals surface area (Å²) in [7, 11) is -2.44. The molecule has 7 nitrogen and oxygen atoms in total. The van der Waals surface area contributed by atoms with Crippen LogP contribution in [0.25, 0.3) is 0 Å². The molecule has 0 aliphatic heterocycles. The van der Waals surface area contributed by atoms with Gasteiger partial charge in [0.2, 0.25) is 10.0 Å². The quantitative estimate of drug-likeness (QED) is 0.545. The molecule has 0 bridgehead atoms. The van der Waals surface area contributed by atoms with E-state index in [0.29, 0.717) is 5.56 Å². The minimum Gasteiger partial charge on any atom is -0.508 e. The first-order chi connectivity index (χ1) is 11.8. The number of nitrogens with one attached hydrogen (secondary N) is 1. The van der Waals surface area contributed by atoms with E-state index in [-0.39, 0.29) is 17.2 Å². The minimum absolute atomic E-state index is 0.0959. The second kappa shape index (κ2) is 8.24. The van der Waals surface area contributed by atoms with Crippen molar-refractivity contribution in [3.63, 3.8) is 0 Å². The summed E-state index contributed by atoms with van der Waals surface area (Å²) in [6.07, 6.45) is 1.39. The molecular weight excluding hydrogens is 410 g/mol. The summed E-state index contributed by atoms with van der Waals surface area (Å²) in [5.74, 6) is -0.445. The number of carbonyl (C=O) groups excluding carboxylic acids is 1. The average molecular weight is 426 g/mol. The molecule has 2 rings (SSSR count). The molecule has 0 aliphatic rings. The molecule has 0 saturated carbocycles. The van der Waals surface area contributed by atoms with Crippen LogP contribution in [0, 0.1) is 0 Å². The fourth-order valence-electron chi connectivity index (χ4n) is 1.85. The average Bonchev–Trinajstić information content (AvgIpc) is 2.57. The SMILES string of the molecule is CN(CC(=O)N/N=C\c1ccc(O)cc1)S(=O)(=O)c1ccc(Br)cc1. The van der Waals surface area contributed by atoms with Gasteiger partial charge in [-0.15, -0.1) is 0 Å². The van der Waals surface area contributed by atoms with E-state index in [1.807, 2.05) is 0 Å². The molecule has 0 aromatic heterocycles. The van der Waals surface area contributed by atoms with Crippen LogP contribution in [0.3, 0.4) is 0 Å². The Bertz CT molecular complexity index is 865. The highest BCUT2D eigenvalue weighted by molar-refractivity contribution is 9.10. The molecule has 0 saturated heterocycles. The zero-order valence-electron chi connectivity index (χ0n) is 13.3. The molecule has 1 amide bonds. The zero-order valence-corrected chi connectivity index (χ0v) is 15.7. The molecule has 132 valence electrons. The van der Waals surface area contributed by atoms with Gasteiger partial charge in [-0.3, -0.25) is 4.79 Å². The lowest BCUT2D eigenvalue weighted by Gasteiger charge is -2.16. The number of hydrogen-bond acceptors (Lipinski definition) is 5. The molecule has 0 aliphatic carbocycles.